The predicted octanol–water partition coefficient (Wildman–Crippen LogP) is 1.04. The van der Waals surface area contributed by atoms with Crippen LogP contribution in [0.5, 0.6) is 11.5 Å². The fourth-order valence-corrected chi connectivity index (χ4v) is 3.96. The van der Waals surface area contributed by atoms with Gasteiger partial charge in [-0.15, -0.1) is 0 Å². The summed E-state index contributed by atoms with van der Waals surface area (Å²) >= 11 is 6.54. The molecule has 2 aromatic rings. The van der Waals surface area contributed by atoms with E-state index in [1.165, 1.54) is 6.92 Å². The van der Waals surface area contributed by atoms with Crippen LogP contribution >= 0.6 is 11.6 Å². The van der Waals surface area contributed by atoms with Crippen LogP contribution in [-0.2, 0) is 17.6 Å². The lowest BCUT2D eigenvalue weighted by Crippen LogP contribution is -2.61. The molecule has 0 spiro atoms. The molecule has 2 aromatic carbocycles. The maximum Gasteiger partial charge on any atom is 0.229 e. The van der Waals surface area contributed by atoms with Gasteiger partial charge < -0.3 is 39.7 Å². The van der Waals surface area contributed by atoms with Crippen molar-refractivity contribution in [1.29, 1.82) is 0 Å². The van der Waals surface area contributed by atoms with Crippen molar-refractivity contribution in [3.63, 3.8) is 0 Å². The molecule has 0 saturated carbocycles. The Bertz CT molecular complexity index is 888. The van der Waals surface area contributed by atoms with Crippen molar-refractivity contribution in [3.8, 4) is 11.5 Å². The van der Waals surface area contributed by atoms with E-state index >= 15 is 0 Å². The highest BCUT2D eigenvalue weighted by molar-refractivity contribution is 6.31. The standard InChI is InChI=1S/C23H29ClO8/c1-12(26)22-20(28)19(27)21(29)23(32-22)31-18-11-14(7-8-25)10-17(24)16(18)9-13-3-5-15(30-2)6-4-13/h3-6,10-12,19-23,25-29H,7-9H2,1-2H3/t12?,19-,20-,21+,22+,23+/m0/s1. The first-order valence-electron chi connectivity index (χ1n) is 10.3. The molecular weight excluding hydrogens is 440 g/mol. The molecular formula is C23H29ClO8. The predicted molar refractivity (Wildman–Crippen MR) is 117 cm³/mol. The molecule has 1 aliphatic heterocycles. The van der Waals surface area contributed by atoms with Crippen molar-refractivity contribution in [2.24, 2.45) is 0 Å². The topological polar surface area (TPSA) is 129 Å². The van der Waals surface area contributed by atoms with Crippen LogP contribution in [-0.4, -0.2) is 76.1 Å². The molecule has 32 heavy (non-hydrogen) atoms. The van der Waals surface area contributed by atoms with Crippen LogP contribution in [0.2, 0.25) is 5.02 Å². The van der Waals surface area contributed by atoms with Gasteiger partial charge in [-0.05, 0) is 48.7 Å². The van der Waals surface area contributed by atoms with Crippen molar-refractivity contribution in [2.45, 2.75) is 56.6 Å². The molecule has 1 heterocycles. The van der Waals surface area contributed by atoms with Crippen molar-refractivity contribution in [1.82, 2.24) is 0 Å². The van der Waals surface area contributed by atoms with E-state index in [1.807, 2.05) is 24.3 Å². The molecule has 5 N–H and O–H groups in total. The van der Waals surface area contributed by atoms with Crippen LogP contribution in [0.25, 0.3) is 0 Å². The zero-order chi connectivity index (χ0) is 23.4. The highest BCUT2D eigenvalue weighted by Crippen LogP contribution is 2.34. The highest BCUT2D eigenvalue weighted by Gasteiger charge is 2.46. The molecule has 3 rings (SSSR count). The molecule has 0 radical (unpaired) electrons. The van der Waals surface area contributed by atoms with Crippen LogP contribution in [0.4, 0.5) is 0 Å². The molecule has 0 bridgehead atoms. The number of ether oxygens (including phenoxy) is 3. The molecule has 1 fully saturated rings. The Balaban J connectivity index is 1.93. The van der Waals surface area contributed by atoms with Gasteiger partial charge in [0.1, 0.15) is 35.9 Å². The van der Waals surface area contributed by atoms with Gasteiger partial charge in [-0.1, -0.05) is 23.7 Å². The van der Waals surface area contributed by atoms with Crippen LogP contribution in [0, 0.1) is 0 Å². The summed E-state index contributed by atoms with van der Waals surface area (Å²) in [7, 11) is 1.58. The average molecular weight is 469 g/mol. The Morgan fingerprint density at radius 3 is 2.31 bits per heavy atom. The minimum Gasteiger partial charge on any atom is -0.497 e. The molecule has 1 aliphatic rings. The summed E-state index contributed by atoms with van der Waals surface area (Å²) in [5.74, 6) is 1.01. The number of hydrogen-bond acceptors (Lipinski definition) is 8. The first kappa shape index (κ1) is 24.7. The summed E-state index contributed by atoms with van der Waals surface area (Å²) in [6.45, 7) is 1.31. The molecule has 0 aliphatic carbocycles. The molecule has 176 valence electrons. The Labute approximate surface area is 191 Å². The molecule has 0 aromatic heterocycles. The number of aliphatic hydroxyl groups is 5. The summed E-state index contributed by atoms with van der Waals surface area (Å²) in [4.78, 5) is 0. The zero-order valence-corrected chi connectivity index (χ0v) is 18.6. The summed E-state index contributed by atoms with van der Waals surface area (Å²) in [6, 6.07) is 10.8. The zero-order valence-electron chi connectivity index (χ0n) is 17.9. The minimum absolute atomic E-state index is 0.0921. The number of aliphatic hydroxyl groups excluding tert-OH is 5. The van der Waals surface area contributed by atoms with E-state index in [-0.39, 0.29) is 6.61 Å². The number of halogens is 1. The second-order valence-corrected chi connectivity index (χ2v) is 8.26. The first-order valence-corrected chi connectivity index (χ1v) is 10.7. The maximum atomic E-state index is 10.4. The smallest absolute Gasteiger partial charge is 0.229 e. The van der Waals surface area contributed by atoms with Crippen LogP contribution in [0.3, 0.4) is 0 Å². The summed E-state index contributed by atoms with van der Waals surface area (Å²) in [6.07, 6.45) is -7.50. The number of methoxy groups -OCH3 is 1. The maximum absolute atomic E-state index is 10.4. The third-order valence-electron chi connectivity index (χ3n) is 5.48. The van der Waals surface area contributed by atoms with Crippen LogP contribution in [0.15, 0.2) is 36.4 Å². The first-order chi connectivity index (χ1) is 15.2. The summed E-state index contributed by atoms with van der Waals surface area (Å²) < 4.78 is 16.7. The van der Waals surface area contributed by atoms with Gasteiger partial charge in [0.15, 0.2) is 0 Å². The molecule has 6 atom stereocenters. The monoisotopic (exact) mass is 468 g/mol. The SMILES string of the molecule is COc1ccc(Cc2c(Cl)cc(CCO)cc2O[C@@H]2O[C@H](C(C)O)[C@@H](O)[C@H](O)[C@H]2O)cc1. The van der Waals surface area contributed by atoms with E-state index in [0.717, 1.165) is 5.56 Å². The van der Waals surface area contributed by atoms with Crippen molar-refractivity contribution in [2.75, 3.05) is 13.7 Å². The van der Waals surface area contributed by atoms with Gasteiger partial charge in [0.2, 0.25) is 6.29 Å². The highest BCUT2D eigenvalue weighted by atomic mass is 35.5. The second kappa shape index (κ2) is 10.8. The Kier molecular flexibility index (Phi) is 8.35. The minimum atomic E-state index is -1.57. The largest absolute Gasteiger partial charge is 0.497 e. The number of benzene rings is 2. The van der Waals surface area contributed by atoms with Gasteiger partial charge in [0.05, 0.1) is 13.2 Å². The molecule has 1 unspecified atom stereocenters. The van der Waals surface area contributed by atoms with Crippen molar-refractivity contribution < 1.29 is 39.7 Å². The normalized spacial score (nSPS) is 26.6. The van der Waals surface area contributed by atoms with E-state index in [0.29, 0.717) is 40.5 Å². The van der Waals surface area contributed by atoms with Crippen LogP contribution in [0.1, 0.15) is 23.6 Å². The van der Waals surface area contributed by atoms with Crippen molar-refractivity contribution >= 4 is 11.6 Å². The summed E-state index contributed by atoms with van der Waals surface area (Å²) in [5.41, 5.74) is 2.25. The third kappa shape index (κ3) is 5.52. The van der Waals surface area contributed by atoms with Gasteiger partial charge in [-0.25, -0.2) is 0 Å². The average Bonchev–Trinajstić information content (AvgIpc) is 2.76. The second-order valence-electron chi connectivity index (χ2n) is 7.85. The van der Waals surface area contributed by atoms with E-state index in [2.05, 4.69) is 0 Å². The Hall–Kier alpha value is -1.91. The molecule has 0 amide bonds. The van der Waals surface area contributed by atoms with Gasteiger partial charge in [-0.3, -0.25) is 0 Å². The molecule has 9 heteroatoms. The van der Waals surface area contributed by atoms with E-state index in [1.54, 1.807) is 19.2 Å². The van der Waals surface area contributed by atoms with Gasteiger partial charge >= 0.3 is 0 Å². The number of hydrogen-bond donors (Lipinski definition) is 5. The number of rotatable bonds is 8. The van der Waals surface area contributed by atoms with E-state index in [9.17, 15) is 25.5 Å². The molecule has 1 saturated heterocycles. The Morgan fingerprint density at radius 2 is 1.72 bits per heavy atom. The molecule has 8 nitrogen and oxygen atoms in total. The quantitative estimate of drug-likeness (QED) is 0.389. The lowest BCUT2D eigenvalue weighted by molar-refractivity contribution is -0.286. The third-order valence-corrected chi connectivity index (χ3v) is 5.82. The lowest BCUT2D eigenvalue weighted by Gasteiger charge is -2.41. The van der Waals surface area contributed by atoms with Gasteiger partial charge in [0.25, 0.3) is 0 Å². The van der Waals surface area contributed by atoms with Crippen LogP contribution < -0.4 is 9.47 Å². The fourth-order valence-electron chi connectivity index (χ4n) is 3.66. The van der Waals surface area contributed by atoms with E-state index < -0.39 is 36.8 Å². The van der Waals surface area contributed by atoms with E-state index in [4.69, 9.17) is 25.8 Å². The van der Waals surface area contributed by atoms with Crippen molar-refractivity contribution in [3.05, 3.63) is 58.1 Å². The van der Waals surface area contributed by atoms with Gasteiger partial charge in [0, 0.05) is 23.6 Å². The van der Waals surface area contributed by atoms with Gasteiger partial charge in [-0.2, -0.15) is 0 Å². The lowest BCUT2D eigenvalue weighted by atomic mass is 9.96. The Morgan fingerprint density at radius 1 is 1.03 bits per heavy atom. The fraction of sp³-hybridized carbons (Fsp3) is 0.478. The summed E-state index contributed by atoms with van der Waals surface area (Å²) in [5, 5.41) is 50.4.